The molecule has 18 heteroatoms. The fourth-order valence-corrected chi connectivity index (χ4v) is 2.93. The Balaban J connectivity index is 5.56. The van der Waals surface area contributed by atoms with Crippen molar-refractivity contribution in [1.29, 1.82) is 0 Å². The van der Waals surface area contributed by atoms with E-state index in [1.165, 1.54) is 0 Å². The second kappa shape index (κ2) is 17.1. The van der Waals surface area contributed by atoms with Crippen LogP contribution in [0.3, 0.4) is 0 Å². The minimum absolute atomic E-state index is 0.0688. The van der Waals surface area contributed by atoms with Crippen LogP contribution in [-0.4, -0.2) is 93.5 Å². The molecule has 0 aliphatic heterocycles. The molecule has 0 aromatic carbocycles. The van der Waals surface area contributed by atoms with Crippen molar-refractivity contribution in [2.75, 3.05) is 6.54 Å². The Morgan fingerprint density at radius 2 is 1.24 bits per heavy atom. The number of nitrogens with two attached hydrogens (primary N) is 4. The molecule has 4 amide bonds. The maximum absolute atomic E-state index is 12.8. The molecule has 0 aromatic rings. The summed E-state index contributed by atoms with van der Waals surface area (Å²) in [5.41, 5.74) is 21.0. The van der Waals surface area contributed by atoms with Crippen LogP contribution < -0.4 is 38.9 Å². The fourth-order valence-electron chi connectivity index (χ4n) is 2.93. The number of carbonyl (C=O) groups excluding carboxylic acids is 4. The average molecular weight is 547 g/mol. The molecule has 18 nitrogen and oxygen atoms in total. The molecule has 38 heavy (non-hydrogen) atoms. The lowest BCUT2D eigenvalue weighted by molar-refractivity contribution is -0.143. The topological polar surface area (TPSA) is 333 Å². The number of nitrogens with zero attached hydrogens (tertiary/aromatic N) is 1. The monoisotopic (exact) mass is 546 g/mol. The SMILES string of the molecule is NC(=O)CCC(N)C(=O)NC(CC(=O)O)C(=O)NC(CCC(=O)O)C(=O)NC(CCCN=C(N)N)C(=O)O. The van der Waals surface area contributed by atoms with E-state index < -0.39 is 85.0 Å². The van der Waals surface area contributed by atoms with Crippen LogP contribution >= 0.6 is 0 Å². The van der Waals surface area contributed by atoms with Crippen LogP contribution in [0.2, 0.25) is 0 Å². The fraction of sp³-hybridized carbons (Fsp3) is 0.600. The summed E-state index contributed by atoms with van der Waals surface area (Å²) in [5, 5.41) is 33.9. The molecule has 0 rings (SSSR count). The van der Waals surface area contributed by atoms with Gasteiger partial charge in [0.1, 0.15) is 18.1 Å². The predicted octanol–water partition coefficient (Wildman–Crippen LogP) is -4.49. The Morgan fingerprint density at radius 3 is 1.74 bits per heavy atom. The number of aliphatic carboxylic acids is 3. The minimum atomic E-state index is -1.74. The number of aliphatic imine (C=N–C) groups is 1. The highest BCUT2D eigenvalue weighted by atomic mass is 16.4. The summed E-state index contributed by atoms with van der Waals surface area (Å²) in [5.74, 6) is -8.43. The third kappa shape index (κ3) is 14.8. The largest absolute Gasteiger partial charge is 0.481 e. The number of rotatable bonds is 19. The molecular weight excluding hydrogens is 512 g/mol. The molecule has 0 saturated carbocycles. The van der Waals surface area contributed by atoms with E-state index >= 15 is 0 Å². The van der Waals surface area contributed by atoms with E-state index in [0.29, 0.717) is 0 Å². The van der Waals surface area contributed by atoms with E-state index in [2.05, 4.69) is 20.9 Å². The summed E-state index contributed by atoms with van der Waals surface area (Å²) in [6, 6.07) is -6.10. The van der Waals surface area contributed by atoms with Crippen LogP contribution in [-0.2, 0) is 33.6 Å². The maximum atomic E-state index is 12.8. The number of carbonyl (C=O) groups is 7. The first-order chi connectivity index (χ1) is 17.6. The van der Waals surface area contributed by atoms with Crippen molar-refractivity contribution >= 4 is 47.5 Å². The molecule has 0 radical (unpaired) electrons. The lowest BCUT2D eigenvalue weighted by Gasteiger charge is -2.24. The Bertz CT molecular complexity index is 921. The van der Waals surface area contributed by atoms with Crippen molar-refractivity contribution in [3.8, 4) is 0 Å². The molecule has 0 spiro atoms. The second-order valence-electron chi connectivity index (χ2n) is 8.11. The van der Waals surface area contributed by atoms with Crippen molar-refractivity contribution in [3.63, 3.8) is 0 Å². The molecule has 14 N–H and O–H groups in total. The van der Waals surface area contributed by atoms with Crippen LogP contribution in [0, 0.1) is 0 Å². The van der Waals surface area contributed by atoms with Gasteiger partial charge in [-0.05, 0) is 25.7 Å². The van der Waals surface area contributed by atoms with E-state index in [1.807, 2.05) is 0 Å². The Hall–Kier alpha value is -4.48. The molecule has 4 atom stereocenters. The van der Waals surface area contributed by atoms with Crippen molar-refractivity contribution in [3.05, 3.63) is 0 Å². The van der Waals surface area contributed by atoms with Gasteiger partial charge in [-0.15, -0.1) is 0 Å². The van der Waals surface area contributed by atoms with E-state index in [0.717, 1.165) is 0 Å². The number of carboxylic acid groups (broad SMARTS) is 3. The Morgan fingerprint density at radius 1 is 0.684 bits per heavy atom. The molecule has 0 aliphatic rings. The Labute approximate surface area is 216 Å². The molecule has 0 aromatic heterocycles. The van der Waals surface area contributed by atoms with Gasteiger partial charge >= 0.3 is 17.9 Å². The van der Waals surface area contributed by atoms with Crippen molar-refractivity contribution < 1.29 is 48.9 Å². The zero-order valence-electron chi connectivity index (χ0n) is 20.4. The lowest BCUT2D eigenvalue weighted by Crippen LogP contribution is -2.57. The lowest BCUT2D eigenvalue weighted by atomic mass is 10.1. The first-order valence-electron chi connectivity index (χ1n) is 11.3. The summed E-state index contributed by atoms with van der Waals surface area (Å²) in [4.78, 5) is 86.2. The number of carboxylic acids is 3. The van der Waals surface area contributed by atoms with Gasteiger partial charge in [0.15, 0.2) is 5.96 Å². The van der Waals surface area contributed by atoms with Crippen LogP contribution in [0.25, 0.3) is 0 Å². The van der Waals surface area contributed by atoms with Gasteiger partial charge in [0, 0.05) is 19.4 Å². The number of hydrogen-bond acceptors (Lipinski definition) is 9. The summed E-state index contributed by atoms with van der Waals surface area (Å²) in [7, 11) is 0. The van der Waals surface area contributed by atoms with E-state index in [4.69, 9.17) is 33.1 Å². The second-order valence-corrected chi connectivity index (χ2v) is 8.11. The van der Waals surface area contributed by atoms with Gasteiger partial charge < -0.3 is 54.2 Å². The maximum Gasteiger partial charge on any atom is 0.326 e. The number of nitrogens with one attached hydrogen (secondary N) is 3. The van der Waals surface area contributed by atoms with Gasteiger partial charge in [0.05, 0.1) is 12.5 Å². The van der Waals surface area contributed by atoms with Crippen LogP contribution in [0.4, 0.5) is 0 Å². The third-order valence-corrected chi connectivity index (χ3v) is 4.89. The average Bonchev–Trinajstić information content (AvgIpc) is 2.80. The number of primary amides is 1. The van der Waals surface area contributed by atoms with Crippen LogP contribution in [0.15, 0.2) is 4.99 Å². The van der Waals surface area contributed by atoms with E-state index in [1.54, 1.807) is 0 Å². The quantitative estimate of drug-likeness (QED) is 0.0415. The standard InChI is InChI=1S/C20H34N8O10/c21-9(3-5-13(22)29)16(34)28-12(8-15(32)33)18(36)26-10(4-6-14(30)31)17(35)27-11(19(37)38)2-1-7-25-20(23)24/h9-12H,1-8,21H2,(H2,22,29)(H,26,36)(H,27,35)(H,28,34)(H,30,31)(H,32,33)(H,37,38)(H4,23,24,25). The molecule has 0 heterocycles. The van der Waals surface area contributed by atoms with Crippen molar-refractivity contribution in [1.82, 2.24) is 16.0 Å². The van der Waals surface area contributed by atoms with Crippen LogP contribution in [0.1, 0.15) is 44.9 Å². The van der Waals surface area contributed by atoms with Gasteiger partial charge in [-0.25, -0.2) is 4.79 Å². The molecular formula is C20H34N8O10. The number of guanidine groups is 1. The molecule has 4 unspecified atom stereocenters. The van der Waals surface area contributed by atoms with Gasteiger partial charge in [-0.1, -0.05) is 0 Å². The minimum Gasteiger partial charge on any atom is -0.481 e. The molecule has 0 aliphatic carbocycles. The molecule has 214 valence electrons. The molecule has 0 fully saturated rings. The summed E-state index contributed by atoms with van der Waals surface area (Å²) in [6.07, 6.45) is -2.43. The first kappa shape index (κ1) is 33.5. The van der Waals surface area contributed by atoms with Gasteiger partial charge in [0.2, 0.25) is 23.6 Å². The summed E-state index contributed by atoms with van der Waals surface area (Å²) < 4.78 is 0. The summed E-state index contributed by atoms with van der Waals surface area (Å²) >= 11 is 0. The van der Waals surface area contributed by atoms with Gasteiger partial charge in [-0.2, -0.15) is 0 Å². The highest BCUT2D eigenvalue weighted by molar-refractivity contribution is 5.95. The van der Waals surface area contributed by atoms with Crippen molar-refractivity contribution in [2.45, 2.75) is 69.1 Å². The number of amides is 4. The zero-order chi connectivity index (χ0) is 29.4. The van der Waals surface area contributed by atoms with E-state index in [-0.39, 0.29) is 38.2 Å². The predicted molar refractivity (Wildman–Crippen MR) is 129 cm³/mol. The van der Waals surface area contributed by atoms with Crippen molar-refractivity contribution in [2.24, 2.45) is 27.9 Å². The van der Waals surface area contributed by atoms with Gasteiger partial charge in [-0.3, -0.25) is 33.8 Å². The normalized spacial score (nSPS) is 13.6. The molecule has 0 saturated heterocycles. The number of hydrogen-bond donors (Lipinski definition) is 10. The first-order valence-corrected chi connectivity index (χ1v) is 11.3. The van der Waals surface area contributed by atoms with Gasteiger partial charge in [0.25, 0.3) is 0 Å². The smallest absolute Gasteiger partial charge is 0.326 e. The highest BCUT2D eigenvalue weighted by Gasteiger charge is 2.31. The molecule has 0 bridgehead atoms. The highest BCUT2D eigenvalue weighted by Crippen LogP contribution is 2.05. The van der Waals surface area contributed by atoms with E-state index in [9.17, 15) is 38.7 Å². The van der Waals surface area contributed by atoms with Crippen LogP contribution in [0.5, 0.6) is 0 Å². The Kier molecular flexibility index (Phi) is 15.0. The third-order valence-electron chi connectivity index (χ3n) is 4.89. The zero-order valence-corrected chi connectivity index (χ0v) is 20.4. The summed E-state index contributed by atoms with van der Waals surface area (Å²) in [6.45, 7) is 0.0688.